The Morgan fingerprint density at radius 2 is 2.12 bits per heavy atom. The van der Waals surface area contributed by atoms with Crippen LogP contribution in [0.4, 0.5) is 0 Å². The lowest BCUT2D eigenvalue weighted by molar-refractivity contribution is 0.228. The number of para-hydroxylation sites is 1. The molecule has 0 amide bonds. The van der Waals surface area contributed by atoms with Crippen molar-refractivity contribution < 1.29 is 9.84 Å². The highest BCUT2D eigenvalue weighted by Gasteiger charge is 2.01. The minimum Gasteiger partial charge on any atom is -0.496 e. The molecule has 1 aromatic carbocycles. The third-order valence-corrected chi connectivity index (χ3v) is 2.87. The molecule has 3 nitrogen and oxygen atoms in total. The molecule has 0 saturated carbocycles. The van der Waals surface area contributed by atoms with Gasteiger partial charge >= 0.3 is 0 Å². The average molecular weight is 237 g/mol. The van der Waals surface area contributed by atoms with E-state index >= 15 is 0 Å². The second-order valence-electron chi connectivity index (χ2n) is 4.42. The van der Waals surface area contributed by atoms with E-state index in [0.717, 1.165) is 31.7 Å². The van der Waals surface area contributed by atoms with Gasteiger partial charge in [0.2, 0.25) is 0 Å². The standard InChI is InChI=1S/C14H23NO2/c1-12(11-16)6-5-9-15-10-13-7-3-4-8-14(13)17-2/h3-4,7-8,12,15-16H,5-6,9-11H2,1-2H3. The molecule has 0 spiro atoms. The van der Waals surface area contributed by atoms with Crippen LogP contribution in [0.5, 0.6) is 5.75 Å². The Hall–Kier alpha value is -1.06. The van der Waals surface area contributed by atoms with Gasteiger partial charge in [0.05, 0.1) is 7.11 Å². The van der Waals surface area contributed by atoms with Gasteiger partial charge in [0.15, 0.2) is 0 Å². The fraction of sp³-hybridized carbons (Fsp3) is 0.571. The molecule has 96 valence electrons. The lowest BCUT2D eigenvalue weighted by atomic mass is 10.1. The number of ether oxygens (including phenoxy) is 1. The van der Waals surface area contributed by atoms with Gasteiger partial charge in [-0.15, -0.1) is 0 Å². The van der Waals surface area contributed by atoms with Crippen LogP contribution in [0.25, 0.3) is 0 Å². The molecule has 0 aliphatic heterocycles. The Morgan fingerprint density at radius 3 is 2.82 bits per heavy atom. The minimum absolute atomic E-state index is 0.284. The van der Waals surface area contributed by atoms with Crippen molar-refractivity contribution in [1.82, 2.24) is 5.32 Å². The van der Waals surface area contributed by atoms with E-state index in [1.807, 2.05) is 18.2 Å². The normalized spacial score (nSPS) is 12.4. The van der Waals surface area contributed by atoms with Crippen LogP contribution in [-0.4, -0.2) is 25.4 Å². The van der Waals surface area contributed by atoms with Gasteiger partial charge < -0.3 is 15.2 Å². The summed E-state index contributed by atoms with van der Waals surface area (Å²) in [4.78, 5) is 0. The van der Waals surface area contributed by atoms with Crippen LogP contribution in [0.2, 0.25) is 0 Å². The van der Waals surface area contributed by atoms with Crippen LogP contribution in [0.1, 0.15) is 25.3 Å². The highest BCUT2D eigenvalue weighted by atomic mass is 16.5. The third-order valence-electron chi connectivity index (χ3n) is 2.87. The first-order valence-corrected chi connectivity index (χ1v) is 6.21. The zero-order valence-corrected chi connectivity index (χ0v) is 10.8. The fourth-order valence-electron chi connectivity index (χ4n) is 1.74. The molecule has 0 saturated heterocycles. The fourth-order valence-corrected chi connectivity index (χ4v) is 1.74. The molecule has 0 aliphatic carbocycles. The second-order valence-corrected chi connectivity index (χ2v) is 4.42. The van der Waals surface area contributed by atoms with Gasteiger partial charge in [0.25, 0.3) is 0 Å². The van der Waals surface area contributed by atoms with Crippen LogP contribution >= 0.6 is 0 Å². The predicted molar refractivity (Wildman–Crippen MR) is 70.2 cm³/mol. The van der Waals surface area contributed by atoms with Crippen molar-refractivity contribution in [2.24, 2.45) is 5.92 Å². The van der Waals surface area contributed by atoms with Crippen LogP contribution in [0.15, 0.2) is 24.3 Å². The van der Waals surface area contributed by atoms with Gasteiger partial charge in [-0.05, 0) is 31.4 Å². The van der Waals surface area contributed by atoms with E-state index in [-0.39, 0.29) is 6.61 Å². The molecule has 17 heavy (non-hydrogen) atoms. The molecule has 1 unspecified atom stereocenters. The number of methoxy groups -OCH3 is 1. The molecular formula is C14H23NO2. The Kier molecular flexibility index (Phi) is 6.67. The van der Waals surface area contributed by atoms with Gasteiger partial charge in [-0.3, -0.25) is 0 Å². The summed E-state index contributed by atoms with van der Waals surface area (Å²) in [6, 6.07) is 8.05. The number of nitrogens with one attached hydrogen (secondary N) is 1. The van der Waals surface area contributed by atoms with E-state index in [9.17, 15) is 0 Å². The number of aliphatic hydroxyl groups excluding tert-OH is 1. The van der Waals surface area contributed by atoms with Crippen LogP contribution < -0.4 is 10.1 Å². The van der Waals surface area contributed by atoms with Crippen LogP contribution in [-0.2, 0) is 6.54 Å². The van der Waals surface area contributed by atoms with E-state index in [2.05, 4.69) is 18.3 Å². The van der Waals surface area contributed by atoms with E-state index < -0.39 is 0 Å². The van der Waals surface area contributed by atoms with Crippen molar-refractivity contribution in [3.63, 3.8) is 0 Å². The van der Waals surface area contributed by atoms with E-state index in [1.54, 1.807) is 7.11 Å². The van der Waals surface area contributed by atoms with Gasteiger partial charge in [0, 0.05) is 18.7 Å². The summed E-state index contributed by atoms with van der Waals surface area (Å²) in [5.74, 6) is 1.34. The SMILES string of the molecule is COc1ccccc1CNCCCC(C)CO. The highest BCUT2D eigenvalue weighted by molar-refractivity contribution is 5.32. The van der Waals surface area contributed by atoms with Crippen molar-refractivity contribution in [1.29, 1.82) is 0 Å². The number of hydrogen-bond acceptors (Lipinski definition) is 3. The van der Waals surface area contributed by atoms with E-state index in [4.69, 9.17) is 9.84 Å². The molecule has 0 bridgehead atoms. The summed E-state index contributed by atoms with van der Waals surface area (Å²) >= 11 is 0. The van der Waals surface area contributed by atoms with Gasteiger partial charge in [-0.1, -0.05) is 25.1 Å². The topological polar surface area (TPSA) is 41.5 Å². The first-order valence-electron chi connectivity index (χ1n) is 6.21. The number of rotatable bonds is 8. The molecule has 0 radical (unpaired) electrons. The van der Waals surface area contributed by atoms with Crippen molar-refractivity contribution in [2.75, 3.05) is 20.3 Å². The lowest BCUT2D eigenvalue weighted by Crippen LogP contribution is -2.16. The Balaban J connectivity index is 2.22. The van der Waals surface area contributed by atoms with E-state index in [1.165, 1.54) is 5.56 Å². The number of aliphatic hydroxyl groups is 1. The summed E-state index contributed by atoms with van der Waals surface area (Å²) in [5, 5.41) is 12.3. The quantitative estimate of drug-likeness (QED) is 0.681. The molecule has 1 atom stereocenters. The first-order chi connectivity index (χ1) is 8.27. The Bertz CT molecular complexity index is 315. The molecule has 3 heteroatoms. The Labute approximate surface area is 104 Å². The summed E-state index contributed by atoms with van der Waals surface area (Å²) in [7, 11) is 1.70. The highest BCUT2D eigenvalue weighted by Crippen LogP contribution is 2.16. The number of hydrogen-bond donors (Lipinski definition) is 2. The van der Waals surface area contributed by atoms with Crippen molar-refractivity contribution in [3.05, 3.63) is 29.8 Å². The summed E-state index contributed by atoms with van der Waals surface area (Å²) < 4.78 is 5.28. The maximum absolute atomic E-state index is 8.90. The zero-order valence-electron chi connectivity index (χ0n) is 10.8. The first kappa shape index (κ1) is 14.0. The number of benzene rings is 1. The molecule has 0 fully saturated rings. The smallest absolute Gasteiger partial charge is 0.123 e. The molecule has 0 heterocycles. The molecule has 0 aliphatic rings. The molecule has 1 rings (SSSR count). The summed E-state index contributed by atoms with van der Waals surface area (Å²) in [5.41, 5.74) is 1.19. The van der Waals surface area contributed by atoms with Gasteiger partial charge in [-0.25, -0.2) is 0 Å². The molecular weight excluding hydrogens is 214 g/mol. The monoisotopic (exact) mass is 237 g/mol. The largest absolute Gasteiger partial charge is 0.496 e. The maximum Gasteiger partial charge on any atom is 0.123 e. The molecule has 2 N–H and O–H groups in total. The van der Waals surface area contributed by atoms with Crippen LogP contribution in [0.3, 0.4) is 0 Å². The van der Waals surface area contributed by atoms with Crippen molar-refractivity contribution in [2.45, 2.75) is 26.3 Å². The van der Waals surface area contributed by atoms with Gasteiger partial charge in [0.1, 0.15) is 5.75 Å². The summed E-state index contributed by atoms with van der Waals surface area (Å²) in [6.45, 7) is 4.16. The van der Waals surface area contributed by atoms with Crippen LogP contribution in [0, 0.1) is 5.92 Å². The predicted octanol–water partition coefficient (Wildman–Crippen LogP) is 2.19. The Morgan fingerprint density at radius 1 is 1.35 bits per heavy atom. The third kappa shape index (κ3) is 5.20. The second kappa shape index (κ2) is 8.09. The minimum atomic E-state index is 0.284. The maximum atomic E-state index is 8.90. The van der Waals surface area contributed by atoms with Crippen molar-refractivity contribution >= 4 is 0 Å². The molecule has 0 aromatic heterocycles. The van der Waals surface area contributed by atoms with Crippen molar-refractivity contribution in [3.8, 4) is 5.75 Å². The lowest BCUT2D eigenvalue weighted by Gasteiger charge is -2.10. The zero-order chi connectivity index (χ0) is 12.5. The summed E-state index contributed by atoms with van der Waals surface area (Å²) in [6.07, 6.45) is 2.16. The van der Waals surface area contributed by atoms with Gasteiger partial charge in [-0.2, -0.15) is 0 Å². The molecule has 1 aromatic rings. The van der Waals surface area contributed by atoms with E-state index in [0.29, 0.717) is 5.92 Å². The average Bonchev–Trinajstić information content (AvgIpc) is 2.38.